The van der Waals surface area contributed by atoms with E-state index in [9.17, 15) is 31.5 Å². The summed E-state index contributed by atoms with van der Waals surface area (Å²) in [6, 6.07) is 2.97. The average Bonchev–Trinajstić information content (AvgIpc) is 2.84. The van der Waals surface area contributed by atoms with Crippen molar-refractivity contribution in [1.29, 1.82) is 0 Å². The highest BCUT2D eigenvalue weighted by atomic mass is 35.5. The summed E-state index contributed by atoms with van der Waals surface area (Å²) in [5.74, 6) is -0.903. The number of nitrogens with zero attached hydrogens (tertiary/aromatic N) is 1. The van der Waals surface area contributed by atoms with Crippen molar-refractivity contribution in [3.63, 3.8) is 0 Å². The Kier molecular flexibility index (Phi) is 5.29. The highest BCUT2D eigenvalue weighted by Crippen LogP contribution is 2.40. The fourth-order valence-electron chi connectivity index (χ4n) is 1.76. The Morgan fingerprint density at radius 1 is 1.33 bits per heavy atom. The van der Waals surface area contributed by atoms with E-state index in [1.54, 1.807) is 0 Å². The second-order valence-electron chi connectivity index (χ2n) is 4.54. The number of anilines is 1. The quantitative estimate of drug-likeness (QED) is 0.804. The molecule has 0 aliphatic heterocycles. The van der Waals surface area contributed by atoms with Gasteiger partial charge >= 0.3 is 6.18 Å². The third-order valence-corrected chi connectivity index (χ3v) is 4.33. The molecule has 24 heavy (non-hydrogen) atoms. The number of thiophene rings is 1. The Morgan fingerprint density at radius 3 is 2.54 bits per heavy atom. The topological polar surface area (TPSA) is 51.1 Å². The maximum Gasteiger partial charge on any atom is 0.427 e. The molecule has 0 aromatic carbocycles. The van der Waals surface area contributed by atoms with Crippen LogP contribution in [0.5, 0.6) is 0 Å². The van der Waals surface area contributed by atoms with Crippen LogP contribution in [0.4, 0.5) is 27.6 Å². The number of hydrogen-bond acceptors (Lipinski definition) is 3. The van der Waals surface area contributed by atoms with Crippen molar-refractivity contribution in [3.05, 3.63) is 49.5 Å². The van der Waals surface area contributed by atoms with Crippen molar-refractivity contribution < 1.29 is 26.7 Å². The molecule has 0 fully saturated rings. The molecule has 0 unspecified atom stereocenters. The molecule has 11 heteroatoms. The summed E-state index contributed by atoms with van der Waals surface area (Å²) in [6.45, 7) is -0.869. The zero-order valence-electron chi connectivity index (χ0n) is 11.5. The van der Waals surface area contributed by atoms with Gasteiger partial charge in [0.15, 0.2) is 0 Å². The Hall–Kier alpha value is -1.94. The third-order valence-electron chi connectivity index (χ3n) is 2.74. The number of carbonyl (C=O) groups is 1. The monoisotopic (exact) mass is 386 g/mol. The van der Waals surface area contributed by atoms with Gasteiger partial charge in [-0.3, -0.25) is 9.59 Å². The molecule has 0 atom stereocenters. The zero-order chi connectivity index (χ0) is 18.1. The lowest BCUT2D eigenvalue weighted by Crippen LogP contribution is -2.23. The first-order chi connectivity index (χ1) is 11.1. The normalized spacial score (nSPS) is 11.8. The number of halogens is 6. The lowest BCUT2D eigenvalue weighted by Gasteiger charge is -2.08. The number of rotatable bonds is 4. The van der Waals surface area contributed by atoms with Gasteiger partial charge in [0.05, 0.1) is 22.1 Å². The van der Waals surface area contributed by atoms with Gasteiger partial charge in [-0.2, -0.15) is 13.2 Å². The predicted octanol–water partition coefficient (Wildman–Crippen LogP) is 4.10. The molecule has 0 aliphatic carbocycles. The summed E-state index contributed by atoms with van der Waals surface area (Å²) in [7, 11) is 0. The summed E-state index contributed by atoms with van der Waals surface area (Å²) in [5, 5.41) is 1.62. The molecule has 1 amide bonds. The fraction of sp³-hybridized carbons (Fsp3) is 0.231. The first-order valence-corrected chi connectivity index (χ1v) is 7.44. The molecule has 0 spiro atoms. The van der Waals surface area contributed by atoms with Crippen molar-refractivity contribution in [2.45, 2.75) is 19.1 Å². The summed E-state index contributed by atoms with van der Waals surface area (Å²) in [6.07, 6.45) is -6.49. The number of nitrogens with one attached hydrogen (secondary N) is 1. The molecule has 2 aromatic heterocycles. The van der Waals surface area contributed by atoms with Crippen LogP contribution in [0.2, 0.25) is 5.02 Å². The highest BCUT2D eigenvalue weighted by molar-refractivity contribution is 7.14. The predicted molar refractivity (Wildman–Crippen MR) is 79.0 cm³/mol. The Labute approximate surface area is 140 Å². The number of hydrogen-bond donors (Lipinski definition) is 1. The van der Waals surface area contributed by atoms with Gasteiger partial charge in [-0.15, -0.1) is 11.3 Å². The van der Waals surface area contributed by atoms with Crippen LogP contribution in [0.15, 0.2) is 29.2 Å². The molecule has 1 N–H and O–H groups in total. The Bertz CT molecular complexity index is 815. The van der Waals surface area contributed by atoms with E-state index in [-0.39, 0.29) is 21.9 Å². The molecular formula is C13H8ClF5N2O2S. The van der Waals surface area contributed by atoms with Crippen LogP contribution in [-0.2, 0) is 12.7 Å². The minimum absolute atomic E-state index is 0.0154. The van der Waals surface area contributed by atoms with Gasteiger partial charge in [-0.05, 0) is 12.1 Å². The Morgan fingerprint density at radius 2 is 2.00 bits per heavy atom. The minimum atomic E-state index is -4.69. The first-order valence-electron chi connectivity index (χ1n) is 6.24. The molecule has 4 nitrogen and oxygen atoms in total. The third kappa shape index (κ3) is 4.32. The van der Waals surface area contributed by atoms with E-state index in [4.69, 9.17) is 11.6 Å². The maximum atomic E-state index is 12.7. The van der Waals surface area contributed by atoms with Gasteiger partial charge in [-0.1, -0.05) is 11.6 Å². The first kappa shape index (κ1) is 18.4. The second kappa shape index (κ2) is 6.89. The van der Waals surface area contributed by atoms with Gasteiger partial charge in [0.2, 0.25) is 0 Å². The number of pyridine rings is 1. The van der Waals surface area contributed by atoms with Gasteiger partial charge < -0.3 is 9.88 Å². The van der Waals surface area contributed by atoms with E-state index < -0.39 is 40.5 Å². The molecule has 0 aliphatic rings. The molecular weight excluding hydrogens is 379 g/mol. The summed E-state index contributed by atoms with van der Waals surface area (Å²) < 4.78 is 63.4. The van der Waals surface area contributed by atoms with Crippen molar-refractivity contribution in [2.24, 2.45) is 0 Å². The van der Waals surface area contributed by atoms with Crippen LogP contribution in [0, 0.1) is 0 Å². The van der Waals surface area contributed by atoms with E-state index in [1.165, 1.54) is 0 Å². The summed E-state index contributed by atoms with van der Waals surface area (Å²) in [4.78, 5) is 21.9. The van der Waals surface area contributed by atoms with Crippen molar-refractivity contribution >= 4 is 34.5 Å². The molecule has 2 heterocycles. The van der Waals surface area contributed by atoms with Crippen LogP contribution >= 0.6 is 22.9 Å². The van der Waals surface area contributed by atoms with Crippen molar-refractivity contribution in [3.8, 4) is 0 Å². The van der Waals surface area contributed by atoms with Crippen LogP contribution in [0.1, 0.15) is 14.5 Å². The van der Waals surface area contributed by atoms with E-state index in [1.807, 2.05) is 0 Å². The van der Waals surface area contributed by atoms with Gasteiger partial charge in [0.1, 0.15) is 4.88 Å². The molecule has 2 aromatic rings. The van der Waals surface area contributed by atoms with Crippen molar-refractivity contribution in [1.82, 2.24) is 4.57 Å². The van der Waals surface area contributed by atoms with Gasteiger partial charge in [-0.25, -0.2) is 8.78 Å². The fourth-order valence-corrected chi connectivity index (χ4v) is 2.97. The second-order valence-corrected chi connectivity index (χ2v) is 6.00. The lowest BCUT2D eigenvalue weighted by molar-refractivity contribution is -0.134. The van der Waals surface area contributed by atoms with Gasteiger partial charge in [0.25, 0.3) is 17.9 Å². The molecule has 0 saturated carbocycles. The molecule has 0 radical (unpaired) electrons. The number of carbonyl (C=O) groups excluding carboxylic acids is 1. The summed E-state index contributed by atoms with van der Waals surface area (Å²) in [5.41, 5.74) is -0.717. The van der Waals surface area contributed by atoms with E-state index in [2.05, 4.69) is 5.32 Å². The minimum Gasteiger partial charge on any atom is -0.320 e. The number of amides is 1. The lowest BCUT2D eigenvalue weighted by atomic mass is 10.3. The van der Waals surface area contributed by atoms with Crippen LogP contribution in [0.3, 0.4) is 0 Å². The average molecular weight is 387 g/mol. The molecule has 130 valence electrons. The van der Waals surface area contributed by atoms with Crippen molar-refractivity contribution in [2.75, 3.05) is 5.32 Å². The summed E-state index contributed by atoms with van der Waals surface area (Å²) >= 11 is 5.62. The molecule has 0 bridgehead atoms. The van der Waals surface area contributed by atoms with E-state index >= 15 is 0 Å². The zero-order valence-corrected chi connectivity index (χ0v) is 13.1. The van der Waals surface area contributed by atoms with E-state index in [0.29, 0.717) is 4.57 Å². The van der Waals surface area contributed by atoms with E-state index in [0.717, 1.165) is 24.4 Å². The highest BCUT2D eigenvalue weighted by Gasteiger charge is 2.36. The standard InChI is InChI=1S/C13H8ClF5N2O2S/c14-7-3-8(24-11(7)13(17,18)19)12(23)20-6-1-2-10(22)21(4-6)5-9(15)16/h1-4,9H,5H2,(H,20,23). The Balaban J connectivity index is 2.23. The molecule has 0 saturated heterocycles. The number of aromatic nitrogens is 1. The largest absolute Gasteiger partial charge is 0.427 e. The van der Waals surface area contributed by atoms with Crippen LogP contribution in [-0.4, -0.2) is 16.9 Å². The van der Waals surface area contributed by atoms with Crippen LogP contribution in [0.25, 0.3) is 0 Å². The molecule has 2 rings (SSSR count). The smallest absolute Gasteiger partial charge is 0.320 e. The number of alkyl halides is 5. The van der Waals surface area contributed by atoms with Gasteiger partial charge in [0, 0.05) is 12.3 Å². The maximum absolute atomic E-state index is 12.7. The van der Waals surface area contributed by atoms with Crippen LogP contribution < -0.4 is 10.9 Å². The SMILES string of the molecule is O=C(Nc1ccc(=O)n(CC(F)F)c1)c1cc(Cl)c(C(F)(F)F)s1.